The number of aryl methyl sites for hydroxylation is 2. The van der Waals surface area contributed by atoms with E-state index in [0.717, 1.165) is 16.7 Å². The highest BCUT2D eigenvalue weighted by Gasteiger charge is 2.17. The van der Waals surface area contributed by atoms with E-state index in [4.69, 9.17) is 9.84 Å². The van der Waals surface area contributed by atoms with Gasteiger partial charge in [-0.1, -0.05) is 48.5 Å². The quantitative estimate of drug-likeness (QED) is 0.492. The maximum atomic E-state index is 12.7. The number of allylic oxidation sites excluding steroid dienone is 1. The number of para-hydroxylation sites is 1. The third-order valence-corrected chi connectivity index (χ3v) is 3.66. The third-order valence-electron chi connectivity index (χ3n) is 3.66. The van der Waals surface area contributed by atoms with Crippen LogP contribution in [0.15, 0.2) is 54.6 Å². The Hall–Kier alpha value is -2.88. The van der Waals surface area contributed by atoms with E-state index in [2.05, 4.69) is 0 Å². The molecule has 0 atom stereocenters. The van der Waals surface area contributed by atoms with Gasteiger partial charge in [-0.2, -0.15) is 0 Å². The number of hydrogen-bond donors (Lipinski definition) is 1. The summed E-state index contributed by atoms with van der Waals surface area (Å²) >= 11 is 0. The van der Waals surface area contributed by atoms with Gasteiger partial charge in [-0.15, -0.1) is 0 Å². The van der Waals surface area contributed by atoms with Crippen LogP contribution < -0.4 is 4.74 Å². The maximum Gasteiger partial charge on any atom is 0.343 e. The minimum Gasteiger partial charge on any atom is -0.481 e. The zero-order chi connectivity index (χ0) is 17.5. The summed E-state index contributed by atoms with van der Waals surface area (Å²) in [5.74, 6) is -0.883. The van der Waals surface area contributed by atoms with Gasteiger partial charge in [-0.3, -0.25) is 4.79 Å². The van der Waals surface area contributed by atoms with E-state index in [1.54, 1.807) is 18.2 Å². The smallest absolute Gasteiger partial charge is 0.343 e. The molecule has 0 fully saturated rings. The molecule has 0 amide bonds. The van der Waals surface area contributed by atoms with Gasteiger partial charge in [0.2, 0.25) is 0 Å². The van der Waals surface area contributed by atoms with Crippen LogP contribution in [0.4, 0.5) is 0 Å². The Morgan fingerprint density at radius 3 is 2.25 bits per heavy atom. The molecule has 4 heteroatoms. The van der Waals surface area contributed by atoms with Crippen LogP contribution in [0.5, 0.6) is 5.75 Å². The van der Waals surface area contributed by atoms with Crippen molar-refractivity contribution in [2.24, 2.45) is 0 Å². The van der Waals surface area contributed by atoms with Crippen molar-refractivity contribution >= 4 is 17.5 Å². The lowest BCUT2D eigenvalue weighted by atomic mass is 9.99. The Balaban J connectivity index is 2.31. The van der Waals surface area contributed by atoms with Crippen molar-refractivity contribution in [1.29, 1.82) is 0 Å². The van der Waals surface area contributed by atoms with Crippen LogP contribution in [0.2, 0.25) is 0 Å². The van der Waals surface area contributed by atoms with E-state index in [-0.39, 0.29) is 12.8 Å². The molecule has 2 aromatic carbocycles. The first-order chi connectivity index (χ1) is 11.5. The number of carboxylic acids is 1. The number of benzene rings is 2. The zero-order valence-electron chi connectivity index (χ0n) is 13.8. The van der Waals surface area contributed by atoms with Crippen molar-refractivity contribution in [3.63, 3.8) is 0 Å². The molecule has 2 rings (SSSR count). The highest BCUT2D eigenvalue weighted by atomic mass is 16.5. The van der Waals surface area contributed by atoms with Crippen LogP contribution in [0, 0.1) is 13.8 Å². The number of esters is 1. The SMILES string of the molecule is Cc1ccccc1OC(=O)C(=CCCC(=O)O)c1ccccc1C. The van der Waals surface area contributed by atoms with Gasteiger partial charge in [0.15, 0.2) is 0 Å². The Labute approximate surface area is 141 Å². The first-order valence-corrected chi connectivity index (χ1v) is 7.75. The van der Waals surface area contributed by atoms with Gasteiger partial charge in [0.25, 0.3) is 0 Å². The van der Waals surface area contributed by atoms with E-state index in [0.29, 0.717) is 11.3 Å². The molecule has 0 unspecified atom stereocenters. The average molecular weight is 324 g/mol. The zero-order valence-corrected chi connectivity index (χ0v) is 13.8. The van der Waals surface area contributed by atoms with Crippen LogP contribution in [0.3, 0.4) is 0 Å². The standard InChI is InChI=1S/C20H20O4/c1-14-8-3-5-10-16(14)17(11-7-13-19(21)22)20(23)24-18-12-6-4-9-15(18)2/h3-6,8-12H,7,13H2,1-2H3,(H,21,22). The second-order valence-electron chi connectivity index (χ2n) is 5.52. The molecule has 1 N–H and O–H groups in total. The topological polar surface area (TPSA) is 63.6 Å². The summed E-state index contributed by atoms with van der Waals surface area (Å²) in [5, 5.41) is 8.82. The molecule has 0 saturated heterocycles. The lowest BCUT2D eigenvalue weighted by Gasteiger charge is -2.12. The predicted octanol–water partition coefficient (Wildman–Crippen LogP) is 4.16. The molecule has 124 valence electrons. The molecular weight excluding hydrogens is 304 g/mol. The fourth-order valence-corrected chi connectivity index (χ4v) is 2.34. The van der Waals surface area contributed by atoms with Crippen LogP contribution in [0.1, 0.15) is 29.5 Å². The number of ether oxygens (including phenoxy) is 1. The molecule has 0 aliphatic carbocycles. The summed E-state index contributed by atoms with van der Waals surface area (Å²) in [7, 11) is 0. The molecule has 2 aromatic rings. The van der Waals surface area contributed by atoms with Crippen molar-refractivity contribution in [3.05, 3.63) is 71.3 Å². The number of hydrogen-bond acceptors (Lipinski definition) is 3. The Bertz CT molecular complexity index is 775. The van der Waals surface area contributed by atoms with Gasteiger partial charge >= 0.3 is 11.9 Å². The predicted molar refractivity (Wildman–Crippen MR) is 92.8 cm³/mol. The summed E-state index contributed by atoms with van der Waals surface area (Å²) < 4.78 is 5.52. The molecule has 0 radical (unpaired) electrons. The molecule has 0 aliphatic rings. The highest BCUT2D eigenvalue weighted by molar-refractivity contribution is 6.17. The number of carbonyl (C=O) groups is 2. The minimum absolute atomic E-state index is 0.0347. The van der Waals surface area contributed by atoms with Gasteiger partial charge in [0.05, 0.1) is 5.57 Å². The fourth-order valence-electron chi connectivity index (χ4n) is 2.34. The lowest BCUT2D eigenvalue weighted by Crippen LogP contribution is -2.12. The first-order valence-electron chi connectivity index (χ1n) is 7.75. The highest BCUT2D eigenvalue weighted by Crippen LogP contribution is 2.24. The van der Waals surface area contributed by atoms with Gasteiger partial charge in [0.1, 0.15) is 5.75 Å². The number of carbonyl (C=O) groups excluding carboxylic acids is 1. The summed E-state index contributed by atoms with van der Waals surface area (Å²) in [5.41, 5.74) is 2.93. The normalized spacial score (nSPS) is 11.2. The van der Waals surface area contributed by atoms with E-state index < -0.39 is 11.9 Å². The van der Waals surface area contributed by atoms with Crippen LogP contribution in [-0.4, -0.2) is 17.0 Å². The van der Waals surface area contributed by atoms with Crippen LogP contribution >= 0.6 is 0 Å². The average Bonchev–Trinajstić information content (AvgIpc) is 2.54. The molecule has 0 spiro atoms. The number of carboxylic acid groups (broad SMARTS) is 1. The van der Waals surface area contributed by atoms with Gasteiger partial charge < -0.3 is 9.84 Å². The van der Waals surface area contributed by atoms with Crippen molar-refractivity contribution in [2.75, 3.05) is 0 Å². The van der Waals surface area contributed by atoms with Crippen molar-refractivity contribution < 1.29 is 19.4 Å². The van der Waals surface area contributed by atoms with Gasteiger partial charge in [-0.25, -0.2) is 4.79 Å². The molecule has 24 heavy (non-hydrogen) atoms. The van der Waals surface area contributed by atoms with E-state index in [9.17, 15) is 9.59 Å². The van der Waals surface area contributed by atoms with Gasteiger partial charge in [0, 0.05) is 6.42 Å². The summed E-state index contributed by atoms with van der Waals surface area (Å²) in [4.78, 5) is 23.4. The molecule has 0 heterocycles. The van der Waals surface area contributed by atoms with Crippen LogP contribution in [-0.2, 0) is 9.59 Å². The molecular formula is C20H20O4. The van der Waals surface area contributed by atoms with Crippen molar-refractivity contribution in [1.82, 2.24) is 0 Å². The monoisotopic (exact) mass is 324 g/mol. The molecule has 0 saturated carbocycles. The first kappa shape index (κ1) is 17.5. The van der Waals surface area contributed by atoms with E-state index in [1.807, 2.05) is 50.2 Å². The minimum atomic E-state index is -0.900. The van der Waals surface area contributed by atoms with Crippen molar-refractivity contribution in [3.8, 4) is 5.75 Å². The largest absolute Gasteiger partial charge is 0.481 e. The number of rotatable bonds is 6. The summed E-state index contributed by atoms with van der Waals surface area (Å²) in [6.07, 6.45) is 1.87. The summed E-state index contributed by atoms with van der Waals surface area (Å²) in [6.45, 7) is 3.77. The van der Waals surface area contributed by atoms with Crippen molar-refractivity contribution in [2.45, 2.75) is 26.7 Å². The Morgan fingerprint density at radius 1 is 1.00 bits per heavy atom. The van der Waals surface area contributed by atoms with E-state index >= 15 is 0 Å². The molecule has 4 nitrogen and oxygen atoms in total. The second kappa shape index (κ2) is 8.11. The third kappa shape index (κ3) is 4.56. The molecule has 0 aromatic heterocycles. The summed E-state index contributed by atoms with van der Waals surface area (Å²) in [6, 6.07) is 14.7. The Morgan fingerprint density at radius 2 is 1.62 bits per heavy atom. The van der Waals surface area contributed by atoms with E-state index in [1.165, 1.54) is 0 Å². The van der Waals surface area contributed by atoms with Crippen LogP contribution in [0.25, 0.3) is 5.57 Å². The maximum absolute atomic E-state index is 12.7. The van der Waals surface area contributed by atoms with Gasteiger partial charge in [-0.05, 0) is 43.0 Å². The second-order valence-corrected chi connectivity index (χ2v) is 5.52. The number of aliphatic carboxylic acids is 1. The lowest BCUT2D eigenvalue weighted by molar-refractivity contribution is -0.137. The molecule has 0 aliphatic heterocycles. The fraction of sp³-hybridized carbons (Fsp3) is 0.200. The molecule has 0 bridgehead atoms. The Kier molecular flexibility index (Phi) is 5.90.